The summed E-state index contributed by atoms with van der Waals surface area (Å²) in [6.07, 6.45) is 1.46. The van der Waals surface area contributed by atoms with E-state index in [0.717, 1.165) is 18.4 Å². The van der Waals surface area contributed by atoms with Crippen LogP contribution in [-0.2, 0) is 19.4 Å². The molecule has 0 radical (unpaired) electrons. The highest BCUT2D eigenvalue weighted by atomic mass is 32.2. The maximum absolute atomic E-state index is 13.8. The predicted octanol–water partition coefficient (Wildman–Crippen LogP) is 1.27. The van der Waals surface area contributed by atoms with E-state index in [1.807, 2.05) is 0 Å². The molecule has 0 spiro atoms. The van der Waals surface area contributed by atoms with Gasteiger partial charge in [-0.05, 0) is 37.5 Å². The lowest BCUT2D eigenvalue weighted by atomic mass is 10.0. The Morgan fingerprint density at radius 3 is 2.36 bits per heavy atom. The molecule has 120 valence electrons. The second kappa shape index (κ2) is 5.35. The Hall–Kier alpha value is -1.96. The number of benzene rings is 1. The van der Waals surface area contributed by atoms with Crippen LogP contribution in [0.3, 0.4) is 0 Å². The minimum absolute atomic E-state index is 0.280. The van der Waals surface area contributed by atoms with Gasteiger partial charge in [0.05, 0.1) is 6.04 Å². The minimum atomic E-state index is -3.66. The molecule has 1 aliphatic rings. The first kappa shape index (κ1) is 16.4. The topological polar surface area (TPSA) is 101 Å². The van der Waals surface area contributed by atoms with Crippen LogP contribution in [0.1, 0.15) is 31.4 Å². The third-order valence-electron chi connectivity index (χ3n) is 3.80. The summed E-state index contributed by atoms with van der Waals surface area (Å²) >= 11 is 0. The third kappa shape index (κ3) is 2.96. The SMILES string of the molecule is CC(NC(=O)C1(C(=O)O)CC1)c1ccc(S(C)(=O)=O)c(F)c1. The summed E-state index contributed by atoms with van der Waals surface area (Å²) in [5.41, 5.74) is -1.01. The predicted molar refractivity (Wildman–Crippen MR) is 75.4 cm³/mol. The lowest BCUT2D eigenvalue weighted by molar-refractivity contribution is -0.149. The van der Waals surface area contributed by atoms with E-state index in [9.17, 15) is 22.4 Å². The molecule has 1 aliphatic carbocycles. The van der Waals surface area contributed by atoms with Crippen LogP contribution >= 0.6 is 0 Å². The van der Waals surface area contributed by atoms with Gasteiger partial charge in [0.1, 0.15) is 16.1 Å². The van der Waals surface area contributed by atoms with E-state index in [2.05, 4.69) is 5.32 Å². The van der Waals surface area contributed by atoms with Crippen LogP contribution < -0.4 is 5.32 Å². The highest BCUT2D eigenvalue weighted by molar-refractivity contribution is 7.90. The normalized spacial score (nSPS) is 17.6. The summed E-state index contributed by atoms with van der Waals surface area (Å²) in [7, 11) is -3.66. The largest absolute Gasteiger partial charge is 0.480 e. The molecule has 0 saturated heterocycles. The average Bonchev–Trinajstić information content (AvgIpc) is 3.18. The zero-order valence-electron chi connectivity index (χ0n) is 12.1. The Kier molecular flexibility index (Phi) is 3.99. The molecule has 22 heavy (non-hydrogen) atoms. The van der Waals surface area contributed by atoms with Crippen LogP contribution in [0.25, 0.3) is 0 Å². The molecule has 1 aromatic rings. The highest BCUT2D eigenvalue weighted by Gasteiger charge is 2.57. The number of carbonyl (C=O) groups is 2. The monoisotopic (exact) mass is 329 g/mol. The van der Waals surface area contributed by atoms with Gasteiger partial charge in [0.2, 0.25) is 5.91 Å². The quantitative estimate of drug-likeness (QED) is 0.792. The molecular weight excluding hydrogens is 313 g/mol. The maximum Gasteiger partial charge on any atom is 0.319 e. The molecule has 1 aromatic carbocycles. The van der Waals surface area contributed by atoms with Gasteiger partial charge in [-0.2, -0.15) is 0 Å². The Balaban J connectivity index is 2.17. The van der Waals surface area contributed by atoms with Crippen molar-refractivity contribution in [1.29, 1.82) is 0 Å². The number of halogens is 1. The van der Waals surface area contributed by atoms with Gasteiger partial charge < -0.3 is 10.4 Å². The second-order valence-electron chi connectivity index (χ2n) is 5.54. The number of aliphatic carboxylic acids is 1. The van der Waals surface area contributed by atoms with Gasteiger partial charge in [-0.3, -0.25) is 9.59 Å². The lowest BCUT2D eigenvalue weighted by Crippen LogP contribution is -2.38. The molecule has 6 nitrogen and oxygen atoms in total. The molecule has 0 bridgehead atoms. The molecule has 0 aliphatic heterocycles. The van der Waals surface area contributed by atoms with Crippen LogP contribution in [0.5, 0.6) is 0 Å². The van der Waals surface area contributed by atoms with E-state index in [0.29, 0.717) is 5.56 Å². The van der Waals surface area contributed by atoms with E-state index in [-0.39, 0.29) is 12.8 Å². The lowest BCUT2D eigenvalue weighted by Gasteiger charge is -2.18. The Bertz CT molecular complexity index is 740. The minimum Gasteiger partial charge on any atom is -0.480 e. The average molecular weight is 329 g/mol. The summed E-state index contributed by atoms with van der Waals surface area (Å²) in [6.45, 7) is 1.57. The van der Waals surface area contributed by atoms with E-state index in [1.165, 1.54) is 6.07 Å². The Morgan fingerprint density at radius 2 is 1.95 bits per heavy atom. The van der Waals surface area contributed by atoms with Gasteiger partial charge in [-0.15, -0.1) is 0 Å². The molecule has 1 saturated carbocycles. The summed E-state index contributed by atoms with van der Waals surface area (Å²) in [5, 5.41) is 11.6. The smallest absolute Gasteiger partial charge is 0.319 e. The number of amides is 1. The number of nitrogens with one attached hydrogen (secondary N) is 1. The fraction of sp³-hybridized carbons (Fsp3) is 0.429. The van der Waals surface area contributed by atoms with Crippen LogP contribution in [0.15, 0.2) is 23.1 Å². The molecular formula is C14H16FNO5S. The summed E-state index contributed by atoms with van der Waals surface area (Å²) < 4.78 is 36.5. The molecule has 2 N–H and O–H groups in total. The number of carboxylic acid groups (broad SMARTS) is 1. The maximum atomic E-state index is 13.8. The van der Waals surface area contributed by atoms with Gasteiger partial charge in [-0.1, -0.05) is 6.07 Å². The van der Waals surface area contributed by atoms with Gasteiger partial charge in [0.25, 0.3) is 0 Å². The number of rotatable bonds is 5. The van der Waals surface area contributed by atoms with E-state index in [1.54, 1.807) is 6.92 Å². The fourth-order valence-electron chi connectivity index (χ4n) is 2.17. The first-order valence-corrected chi connectivity index (χ1v) is 8.51. The van der Waals surface area contributed by atoms with Crippen LogP contribution in [0.2, 0.25) is 0 Å². The Morgan fingerprint density at radius 1 is 1.36 bits per heavy atom. The van der Waals surface area contributed by atoms with Crippen LogP contribution in [0, 0.1) is 11.2 Å². The number of carbonyl (C=O) groups excluding carboxylic acids is 1. The molecule has 1 atom stereocenters. The standard InChI is InChI=1S/C14H16FNO5S/c1-8(16-12(17)14(5-6-14)13(18)19)9-3-4-11(10(15)7-9)22(2,20)21/h3-4,7-8H,5-6H2,1-2H3,(H,16,17)(H,18,19). The summed E-state index contributed by atoms with van der Waals surface area (Å²) in [4.78, 5) is 22.6. The first-order chi connectivity index (χ1) is 10.1. The van der Waals surface area contributed by atoms with Crippen molar-refractivity contribution in [2.24, 2.45) is 5.41 Å². The second-order valence-corrected chi connectivity index (χ2v) is 7.53. The van der Waals surface area contributed by atoms with Gasteiger partial charge in [-0.25, -0.2) is 12.8 Å². The zero-order chi connectivity index (χ0) is 16.7. The fourth-order valence-corrected chi connectivity index (χ4v) is 2.90. The molecule has 0 aromatic heterocycles. The molecule has 8 heteroatoms. The number of carboxylic acids is 1. The van der Waals surface area contributed by atoms with Gasteiger partial charge in [0, 0.05) is 6.26 Å². The van der Waals surface area contributed by atoms with Crippen molar-refractivity contribution in [1.82, 2.24) is 5.32 Å². The van der Waals surface area contributed by atoms with Crippen molar-refractivity contribution >= 4 is 21.7 Å². The van der Waals surface area contributed by atoms with Gasteiger partial charge in [0.15, 0.2) is 9.84 Å². The third-order valence-corrected chi connectivity index (χ3v) is 4.93. The van der Waals surface area contributed by atoms with Crippen molar-refractivity contribution < 1.29 is 27.5 Å². The van der Waals surface area contributed by atoms with Crippen molar-refractivity contribution in [2.75, 3.05) is 6.26 Å². The van der Waals surface area contributed by atoms with E-state index in [4.69, 9.17) is 5.11 Å². The zero-order valence-corrected chi connectivity index (χ0v) is 12.9. The molecule has 1 amide bonds. The summed E-state index contributed by atoms with van der Waals surface area (Å²) in [5.74, 6) is -2.68. The molecule has 1 unspecified atom stereocenters. The van der Waals surface area contributed by atoms with Crippen molar-refractivity contribution in [3.63, 3.8) is 0 Å². The molecule has 1 fully saturated rings. The van der Waals surface area contributed by atoms with Crippen LogP contribution in [-0.4, -0.2) is 31.7 Å². The van der Waals surface area contributed by atoms with Crippen molar-refractivity contribution in [2.45, 2.75) is 30.7 Å². The van der Waals surface area contributed by atoms with Crippen molar-refractivity contribution in [3.05, 3.63) is 29.6 Å². The molecule has 0 heterocycles. The first-order valence-electron chi connectivity index (χ1n) is 6.62. The highest BCUT2D eigenvalue weighted by Crippen LogP contribution is 2.46. The van der Waals surface area contributed by atoms with E-state index >= 15 is 0 Å². The van der Waals surface area contributed by atoms with Gasteiger partial charge >= 0.3 is 5.97 Å². The van der Waals surface area contributed by atoms with Crippen molar-refractivity contribution in [3.8, 4) is 0 Å². The Labute approximate surface area is 127 Å². The van der Waals surface area contributed by atoms with E-state index < -0.39 is 43.9 Å². The van der Waals surface area contributed by atoms with Crippen LogP contribution in [0.4, 0.5) is 4.39 Å². The molecule has 2 rings (SSSR count). The number of sulfone groups is 1. The number of hydrogen-bond acceptors (Lipinski definition) is 4. The number of hydrogen-bond donors (Lipinski definition) is 2. The summed E-state index contributed by atoms with van der Waals surface area (Å²) in [6, 6.07) is 2.92.